The maximum Gasteiger partial charge on any atom is 0.252 e. The maximum atomic E-state index is 14.2. The highest BCUT2D eigenvalue weighted by atomic mass is 16.7. The van der Waals surface area contributed by atoms with Crippen LogP contribution in [0.2, 0.25) is 0 Å². The number of rotatable bonds is 23. The number of phenolic OH excluding ortho intramolecular Hbond substituents is 2. The number of ketones is 2. The van der Waals surface area contributed by atoms with E-state index in [1.165, 1.54) is 32.4 Å². The van der Waals surface area contributed by atoms with Crippen molar-refractivity contribution >= 4 is 35.0 Å². The van der Waals surface area contributed by atoms with Gasteiger partial charge in [0.1, 0.15) is 29.0 Å². The van der Waals surface area contributed by atoms with E-state index in [-0.39, 0.29) is 137 Å². The van der Waals surface area contributed by atoms with Crippen molar-refractivity contribution in [3.63, 3.8) is 0 Å². The number of carbonyl (C=O) groups is 5. The van der Waals surface area contributed by atoms with Crippen LogP contribution in [0.4, 0.5) is 5.69 Å². The number of amides is 3. The molecule has 4 aliphatic heterocycles. The van der Waals surface area contributed by atoms with E-state index in [2.05, 4.69) is 27.4 Å². The van der Waals surface area contributed by atoms with Gasteiger partial charge >= 0.3 is 0 Å². The number of nitrogens with one attached hydrogen (secondary N) is 2. The molecule has 0 bridgehead atoms. The molecule has 8 atom stereocenters. The van der Waals surface area contributed by atoms with Crippen LogP contribution in [0.3, 0.4) is 0 Å². The molecule has 0 aromatic heterocycles. The number of hydrogen-bond donors (Lipinski definition) is 5. The lowest BCUT2D eigenvalue weighted by Crippen LogP contribution is -2.55. The van der Waals surface area contributed by atoms with E-state index in [0.29, 0.717) is 19.7 Å². The third-order valence-corrected chi connectivity index (χ3v) is 15.6. The number of benzene rings is 4. The molecule has 3 saturated heterocycles. The van der Waals surface area contributed by atoms with E-state index >= 15 is 0 Å². The molecule has 22 heteroatoms. The minimum atomic E-state index is -2.25. The highest BCUT2D eigenvalue weighted by Gasteiger charge is 2.55. The van der Waals surface area contributed by atoms with Crippen LogP contribution >= 0.6 is 0 Å². The number of aliphatic hydroxyl groups is 1. The lowest BCUT2D eigenvalue weighted by Gasteiger charge is -2.43. The van der Waals surface area contributed by atoms with Gasteiger partial charge in [0.25, 0.3) is 5.91 Å². The third kappa shape index (κ3) is 12.3. The van der Waals surface area contributed by atoms with Crippen LogP contribution in [-0.4, -0.2) is 185 Å². The fraction of sp³-hybridized carbons (Fsp3) is 0.483. The van der Waals surface area contributed by atoms with Crippen LogP contribution in [0.5, 0.6) is 17.2 Å². The summed E-state index contributed by atoms with van der Waals surface area (Å²) in [7, 11) is 2.89. The zero-order chi connectivity index (χ0) is 57.5. The monoisotopic (exact) mass is 1130 g/mol. The normalized spacial score (nSPS) is 24.2. The second-order valence-corrected chi connectivity index (χ2v) is 20.7. The van der Waals surface area contributed by atoms with Crippen LogP contribution < -0.4 is 20.3 Å². The standard InChI is InChI=1S/C60H68N4O18/c1-35-56-42(63-21-24-79-58(74-3)57(63)82-56)31-47(80-35)81-44-33-60(72,32-40-49(44)55(70)51-50(53(40)68)52(67)39-12-8-14-43(73-2)48(39)54(51)69)59(71)62-20-23-76-26-28-78-30-29-77-27-25-75-22-18-45(65)61-19-17-46(66)64-34-38-11-5-4-9-36(38)15-16-37-10-6-7-13-41(37)64/h4-14,35,42,44,47,56-58,68,70,72H,17-34H2,1-3H3,(H,61,65)(H,62,71). The number of carbonyl (C=O) groups excluding carboxylic acids is 5. The van der Waals surface area contributed by atoms with Crippen LogP contribution in [0.15, 0.2) is 66.7 Å². The number of aromatic hydroxyl groups is 2. The Hall–Kier alpha value is -6.85. The first kappa shape index (κ1) is 58.4. The first-order valence-electron chi connectivity index (χ1n) is 27.6. The Labute approximate surface area is 474 Å². The van der Waals surface area contributed by atoms with Crippen molar-refractivity contribution in [3.8, 4) is 29.1 Å². The predicted octanol–water partition coefficient (Wildman–Crippen LogP) is 3.18. The first-order chi connectivity index (χ1) is 39.8. The zero-order valence-corrected chi connectivity index (χ0v) is 46.0. The summed E-state index contributed by atoms with van der Waals surface area (Å²) < 4.78 is 58.5. The van der Waals surface area contributed by atoms with E-state index in [0.717, 1.165) is 22.4 Å². The molecule has 0 spiro atoms. The molecule has 2 aliphatic carbocycles. The number of fused-ring (bicyclic) bond motifs is 8. The first-order valence-corrected chi connectivity index (χ1v) is 27.6. The molecule has 0 saturated carbocycles. The summed E-state index contributed by atoms with van der Waals surface area (Å²) in [6, 6.07) is 19.5. The Morgan fingerprint density at radius 2 is 1.46 bits per heavy atom. The summed E-state index contributed by atoms with van der Waals surface area (Å²) in [6.07, 6.45) is -4.79. The van der Waals surface area contributed by atoms with Crippen molar-refractivity contribution in [3.05, 3.63) is 117 Å². The number of methoxy groups -OCH3 is 2. The molecule has 22 nitrogen and oxygen atoms in total. The molecule has 4 heterocycles. The van der Waals surface area contributed by atoms with Crippen molar-refractivity contribution in [2.45, 2.75) is 94.3 Å². The summed E-state index contributed by atoms with van der Waals surface area (Å²) in [5, 5.41) is 41.9. The molecule has 0 radical (unpaired) electrons. The number of nitrogens with zero attached hydrogens (tertiary/aromatic N) is 2. The molecule has 10 rings (SSSR count). The summed E-state index contributed by atoms with van der Waals surface area (Å²) in [5.41, 5.74) is -0.157. The fourth-order valence-electron chi connectivity index (χ4n) is 11.6. The van der Waals surface area contributed by atoms with Gasteiger partial charge in [0.05, 0.1) is 108 Å². The van der Waals surface area contributed by atoms with Crippen LogP contribution in [0.1, 0.15) is 98.4 Å². The molecule has 4 aromatic rings. The van der Waals surface area contributed by atoms with Crippen molar-refractivity contribution in [1.82, 2.24) is 15.5 Å². The Bertz CT molecular complexity index is 3110. The van der Waals surface area contributed by atoms with E-state index < -0.39 is 89.6 Å². The van der Waals surface area contributed by atoms with Crippen LogP contribution in [0, 0.1) is 11.8 Å². The summed E-state index contributed by atoms with van der Waals surface area (Å²) >= 11 is 0. The number of morpholine rings is 1. The third-order valence-electron chi connectivity index (χ3n) is 15.6. The highest BCUT2D eigenvalue weighted by Crippen LogP contribution is 2.53. The van der Waals surface area contributed by atoms with Crippen LogP contribution in [-0.2, 0) is 70.0 Å². The lowest BCUT2D eigenvalue weighted by atomic mass is 9.72. The van der Waals surface area contributed by atoms with Gasteiger partial charge < -0.3 is 78.2 Å². The minimum absolute atomic E-state index is 0.0210. The number of para-hydroxylation sites is 1. The van der Waals surface area contributed by atoms with Crippen molar-refractivity contribution in [2.24, 2.45) is 0 Å². The number of phenols is 2. The van der Waals surface area contributed by atoms with E-state index in [1.807, 2.05) is 55.5 Å². The van der Waals surface area contributed by atoms with Gasteiger partial charge in [-0.15, -0.1) is 0 Å². The molecule has 5 N–H and O–H groups in total. The van der Waals surface area contributed by atoms with Crippen molar-refractivity contribution in [2.75, 3.05) is 98.2 Å². The van der Waals surface area contributed by atoms with Gasteiger partial charge in [-0.25, -0.2) is 0 Å². The largest absolute Gasteiger partial charge is 0.507 e. The van der Waals surface area contributed by atoms with Gasteiger partial charge in [0, 0.05) is 92.7 Å². The average molecular weight is 1130 g/mol. The Balaban J connectivity index is 0.650. The summed E-state index contributed by atoms with van der Waals surface area (Å²) in [4.78, 5) is 72.2. The molecule has 8 unspecified atom stereocenters. The summed E-state index contributed by atoms with van der Waals surface area (Å²) in [6.45, 7) is 5.07. The SMILES string of the molecule is COc1cccc2c1C(=O)c1c(O)c3c(c(O)c1C2=O)CC(O)(C(=O)NCCOCCOCCOCCOCCC(=O)NCCC(=O)N1Cc2ccccc2C#Cc2ccccc21)CC3OC1CC2C(OC3C(OC)OCCN23)C(C)O1. The zero-order valence-electron chi connectivity index (χ0n) is 46.0. The fourth-order valence-corrected chi connectivity index (χ4v) is 11.6. The summed E-state index contributed by atoms with van der Waals surface area (Å²) in [5.74, 6) is 2.50. The van der Waals surface area contributed by atoms with Gasteiger partial charge in [0.2, 0.25) is 17.6 Å². The molecule has 4 aromatic carbocycles. The molecule has 6 aliphatic rings. The predicted molar refractivity (Wildman–Crippen MR) is 290 cm³/mol. The van der Waals surface area contributed by atoms with Crippen LogP contribution in [0.25, 0.3) is 0 Å². The topological polar surface area (TPSA) is 269 Å². The number of anilines is 1. The maximum absolute atomic E-state index is 14.2. The van der Waals surface area contributed by atoms with Gasteiger partial charge in [-0.1, -0.05) is 54.3 Å². The Kier molecular flexibility index (Phi) is 18.6. The van der Waals surface area contributed by atoms with E-state index in [9.17, 15) is 39.3 Å². The second-order valence-electron chi connectivity index (χ2n) is 20.7. The van der Waals surface area contributed by atoms with Crippen molar-refractivity contribution in [1.29, 1.82) is 0 Å². The molecular formula is C60H68N4O18. The second kappa shape index (κ2) is 26.2. The molecule has 3 fully saturated rings. The quantitative estimate of drug-likeness (QED) is 0.0357. The Morgan fingerprint density at radius 3 is 2.22 bits per heavy atom. The number of ether oxygens (including phenoxy) is 10. The Morgan fingerprint density at radius 1 is 0.768 bits per heavy atom. The smallest absolute Gasteiger partial charge is 0.252 e. The van der Waals surface area contributed by atoms with Gasteiger partial charge in [0.15, 0.2) is 24.6 Å². The van der Waals surface area contributed by atoms with E-state index in [4.69, 9.17) is 47.4 Å². The highest BCUT2D eigenvalue weighted by molar-refractivity contribution is 6.31. The minimum Gasteiger partial charge on any atom is -0.507 e. The average Bonchev–Trinajstić information content (AvgIpc) is 1.20. The number of hydrogen-bond acceptors (Lipinski definition) is 19. The molecular weight excluding hydrogens is 1060 g/mol. The van der Waals surface area contributed by atoms with Gasteiger partial charge in [-0.3, -0.25) is 28.9 Å². The van der Waals surface area contributed by atoms with Crippen molar-refractivity contribution < 1.29 is 86.7 Å². The van der Waals surface area contributed by atoms with E-state index in [1.54, 1.807) is 4.90 Å². The molecule has 3 amide bonds. The molecule has 82 heavy (non-hydrogen) atoms. The molecule has 436 valence electrons. The van der Waals surface area contributed by atoms with Gasteiger partial charge in [-0.05, 0) is 36.8 Å². The van der Waals surface area contributed by atoms with Gasteiger partial charge in [-0.2, -0.15) is 0 Å². The lowest BCUT2D eigenvalue weighted by molar-refractivity contribution is -0.256.